The number of aromatic amines is 2. The zero-order chi connectivity index (χ0) is 23.9. The molecule has 0 aliphatic carbocycles. The van der Waals surface area contributed by atoms with Crippen LogP contribution in [0.4, 0.5) is 4.39 Å². The number of hydrogen-bond acceptors (Lipinski definition) is 3. The zero-order valence-corrected chi connectivity index (χ0v) is 19.2. The second-order valence-electron chi connectivity index (χ2n) is 8.65. The van der Waals surface area contributed by atoms with E-state index < -0.39 is 0 Å². The number of nitrogens with zero attached hydrogens (tertiary/aromatic N) is 1. The van der Waals surface area contributed by atoms with Crippen LogP contribution in [0.2, 0.25) is 0 Å². The Hall–Kier alpha value is -3.74. The van der Waals surface area contributed by atoms with Crippen molar-refractivity contribution in [2.45, 2.75) is 51.5 Å². The predicted molar refractivity (Wildman–Crippen MR) is 131 cm³/mol. The number of H-pyrrole nitrogens is 2. The van der Waals surface area contributed by atoms with Crippen molar-refractivity contribution in [3.8, 4) is 11.3 Å². The summed E-state index contributed by atoms with van der Waals surface area (Å²) in [6.45, 7) is 1.60. The Bertz CT molecular complexity index is 1260. The van der Waals surface area contributed by atoms with Gasteiger partial charge in [0.05, 0.1) is 24.4 Å². The Morgan fingerprint density at radius 1 is 1.09 bits per heavy atom. The molecule has 7 heteroatoms. The molecule has 0 saturated heterocycles. The first-order valence-corrected chi connectivity index (χ1v) is 11.6. The first kappa shape index (κ1) is 23.4. The number of carbonyl (C=O) groups excluding carboxylic acids is 2. The average molecular weight is 461 g/mol. The summed E-state index contributed by atoms with van der Waals surface area (Å²) >= 11 is 0. The van der Waals surface area contributed by atoms with E-state index in [0.717, 1.165) is 41.6 Å². The maximum absolute atomic E-state index is 13.7. The van der Waals surface area contributed by atoms with E-state index in [4.69, 9.17) is 0 Å². The van der Waals surface area contributed by atoms with Gasteiger partial charge in [0.15, 0.2) is 0 Å². The standard InChI is InChI=1S/C27H29FN4O2/c1-18(33)8-4-2-7-11-24(27-30-17-25(32-27)19-9-5-3-6-10-19)31-26(34)14-20-16-29-23-13-12-21(28)15-22(20)23/h3,5-6,9-10,12-13,15-17,24,29H,2,4,7-8,11,14H2,1H3,(H,30,32)(H,31,34)/t24-/m0/s1. The van der Waals surface area contributed by atoms with E-state index >= 15 is 0 Å². The molecule has 0 aliphatic rings. The van der Waals surface area contributed by atoms with E-state index in [9.17, 15) is 14.0 Å². The topological polar surface area (TPSA) is 90.6 Å². The number of Topliss-reactive ketones (excluding diaryl/α,β-unsaturated/α-hetero) is 1. The molecule has 3 N–H and O–H groups in total. The van der Waals surface area contributed by atoms with Gasteiger partial charge in [0, 0.05) is 23.5 Å². The van der Waals surface area contributed by atoms with Crippen molar-refractivity contribution in [1.29, 1.82) is 0 Å². The lowest BCUT2D eigenvalue weighted by molar-refractivity contribution is -0.121. The van der Waals surface area contributed by atoms with Crippen LogP contribution >= 0.6 is 0 Å². The Labute approximate surface area is 198 Å². The predicted octanol–water partition coefficient (Wildman–Crippen LogP) is 5.64. The number of amides is 1. The van der Waals surface area contributed by atoms with Crippen molar-refractivity contribution in [3.63, 3.8) is 0 Å². The molecule has 2 aromatic carbocycles. The molecule has 176 valence electrons. The van der Waals surface area contributed by atoms with E-state index in [1.165, 1.54) is 12.1 Å². The summed E-state index contributed by atoms with van der Waals surface area (Å²) < 4.78 is 13.7. The van der Waals surface area contributed by atoms with E-state index in [0.29, 0.717) is 24.1 Å². The van der Waals surface area contributed by atoms with Gasteiger partial charge in [-0.25, -0.2) is 9.37 Å². The number of hydrogen-bond donors (Lipinski definition) is 3. The van der Waals surface area contributed by atoms with E-state index in [1.807, 2.05) is 30.3 Å². The highest BCUT2D eigenvalue weighted by atomic mass is 19.1. The number of benzene rings is 2. The minimum absolute atomic E-state index is 0.135. The van der Waals surface area contributed by atoms with Crippen molar-refractivity contribution >= 4 is 22.6 Å². The Morgan fingerprint density at radius 3 is 2.71 bits per heavy atom. The molecule has 2 aromatic heterocycles. The number of rotatable bonds is 11. The van der Waals surface area contributed by atoms with Crippen molar-refractivity contribution in [3.05, 3.63) is 78.1 Å². The summed E-state index contributed by atoms with van der Waals surface area (Å²) in [6.07, 6.45) is 7.54. The zero-order valence-electron chi connectivity index (χ0n) is 19.2. The van der Waals surface area contributed by atoms with Crippen LogP contribution < -0.4 is 5.32 Å². The molecule has 1 amide bonds. The molecular weight excluding hydrogens is 431 g/mol. The molecule has 0 aliphatic heterocycles. The summed E-state index contributed by atoms with van der Waals surface area (Å²) in [5, 5.41) is 3.82. The molecule has 0 radical (unpaired) electrons. The highest BCUT2D eigenvalue weighted by Gasteiger charge is 2.19. The van der Waals surface area contributed by atoms with Crippen LogP contribution in [-0.2, 0) is 16.0 Å². The van der Waals surface area contributed by atoms with Gasteiger partial charge in [-0.15, -0.1) is 0 Å². The van der Waals surface area contributed by atoms with Crippen molar-refractivity contribution in [1.82, 2.24) is 20.3 Å². The fraction of sp³-hybridized carbons (Fsp3) is 0.296. The molecule has 2 heterocycles. The van der Waals surface area contributed by atoms with Gasteiger partial charge >= 0.3 is 0 Å². The van der Waals surface area contributed by atoms with Gasteiger partial charge < -0.3 is 20.1 Å². The van der Waals surface area contributed by atoms with E-state index in [2.05, 4.69) is 20.3 Å². The van der Waals surface area contributed by atoms with Crippen molar-refractivity contribution in [2.75, 3.05) is 0 Å². The fourth-order valence-corrected chi connectivity index (χ4v) is 4.17. The number of imidazole rings is 1. The van der Waals surface area contributed by atoms with Crippen LogP contribution in [0.15, 0.2) is 60.9 Å². The largest absolute Gasteiger partial charge is 0.361 e. The second kappa shape index (κ2) is 10.9. The average Bonchev–Trinajstić information content (AvgIpc) is 3.46. The SMILES string of the molecule is CC(=O)CCCCC[C@H](NC(=O)Cc1c[nH]c2ccc(F)cc12)c1ncc(-c2ccccc2)[nH]1. The highest BCUT2D eigenvalue weighted by Crippen LogP contribution is 2.24. The minimum Gasteiger partial charge on any atom is -0.361 e. The van der Waals surface area contributed by atoms with Crippen LogP contribution in [0.3, 0.4) is 0 Å². The van der Waals surface area contributed by atoms with Gasteiger partial charge in [-0.05, 0) is 49.1 Å². The third-order valence-electron chi connectivity index (χ3n) is 5.95. The Kier molecular flexibility index (Phi) is 7.52. The maximum atomic E-state index is 13.7. The highest BCUT2D eigenvalue weighted by molar-refractivity contribution is 5.89. The third kappa shape index (κ3) is 5.98. The number of nitrogens with one attached hydrogen (secondary N) is 3. The molecule has 0 fully saturated rings. The van der Waals surface area contributed by atoms with Gasteiger partial charge in [0.25, 0.3) is 0 Å². The van der Waals surface area contributed by atoms with Crippen LogP contribution in [0.25, 0.3) is 22.2 Å². The molecule has 1 atom stereocenters. The summed E-state index contributed by atoms with van der Waals surface area (Å²) in [5.74, 6) is 0.403. The lowest BCUT2D eigenvalue weighted by Gasteiger charge is -2.17. The summed E-state index contributed by atoms with van der Waals surface area (Å²) in [6, 6.07) is 14.1. The fourth-order valence-electron chi connectivity index (χ4n) is 4.17. The van der Waals surface area contributed by atoms with Crippen LogP contribution in [-0.4, -0.2) is 26.6 Å². The Morgan fingerprint density at radius 2 is 1.91 bits per heavy atom. The first-order valence-electron chi connectivity index (χ1n) is 11.6. The molecule has 0 spiro atoms. The lowest BCUT2D eigenvalue weighted by Crippen LogP contribution is -2.30. The first-order chi connectivity index (χ1) is 16.5. The monoisotopic (exact) mass is 460 g/mol. The molecular formula is C27H29FN4O2. The molecule has 4 rings (SSSR count). The van der Waals surface area contributed by atoms with Gasteiger partial charge in [0.1, 0.15) is 17.4 Å². The van der Waals surface area contributed by atoms with Crippen molar-refractivity contribution < 1.29 is 14.0 Å². The van der Waals surface area contributed by atoms with Gasteiger partial charge in [-0.3, -0.25) is 4.79 Å². The number of unbranched alkanes of at least 4 members (excludes halogenated alkanes) is 2. The number of ketones is 1. The Balaban J connectivity index is 1.47. The van der Waals surface area contributed by atoms with Gasteiger partial charge in [-0.2, -0.15) is 0 Å². The van der Waals surface area contributed by atoms with Gasteiger partial charge in [0.2, 0.25) is 5.91 Å². The van der Waals surface area contributed by atoms with Crippen LogP contribution in [0, 0.1) is 5.82 Å². The smallest absolute Gasteiger partial charge is 0.225 e. The van der Waals surface area contributed by atoms with Crippen LogP contribution in [0.1, 0.15) is 56.5 Å². The third-order valence-corrected chi connectivity index (χ3v) is 5.95. The van der Waals surface area contributed by atoms with Crippen LogP contribution in [0.5, 0.6) is 0 Å². The van der Waals surface area contributed by atoms with Gasteiger partial charge in [-0.1, -0.05) is 43.2 Å². The molecule has 4 aromatic rings. The second-order valence-corrected chi connectivity index (χ2v) is 8.65. The van der Waals surface area contributed by atoms with E-state index in [1.54, 1.807) is 25.4 Å². The normalized spacial score (nSPS) is 12.1. The molecule has 34 heavy (non-hydrogen) atoms. The quantitative estimate of drug-likeness (QED) is 0.253. The minimum atomic E-state index is -0.332. The number of halogens is 1. The summed E-state index contributed by atoms with van der Waals surface area (Å²) in [7, 11) is 0. The summed E-state index contributed by atoms with van der Waals surface area (Å²) in [4.78, 5) is 35.2. The molecule has 6 nitrogen and oxygen atoms in total. The molecule has 0 unspecified atom stereocenters. The number of aromatic nitrogens is 3. The molecule has 0 bridgehead atoms. The number of carbonyl (C=O) groups is 2. The maximum Gasteiger partial charge on any atom is 0.225 e. The van der Waals surface area contributed by atoms with E-state index in [-0.39, 0.29) is 30.0 Å². The lowest BCUT2D eigenvalue weighted by atomic mass is 10.0. The van der Waals surface area contributed by atoms with Crippen molar-refractivity contribution in [2.24, 2.45) is 0 Å². The molecule has 0 saturated carbocycles. The summed E-state index contributed by atoms with van der Waals surface area (Å²) in [5.41, 5.74) is 3.45. The number of fused-ring (bicyclic) bond motifs is 1.